The molecule has 0 aliphatic carbocycles. The number of rotatable bonds is 5. The first-order valence-electron chi connectivity index (χ1n) is 6.45. The third-order valence-corrected chi connectivity index (χ3v) is 4.25. The van der Waals surface area contributed by atoms with Crippen molar-refractivity contribution in [1.29, 1.82) is 0 Å². The van der Waals surface area contributed by atoms with Gasteiger partial charge in [-0.1, -0.05) is 35.5 Å². The molecule has 0 fully saturated rings. The second-order valence-electron chi connectivity index (χ2n) is 4.40. The molecule has 2 heterocycles. The molecule has 0 aliphatic rings. The fourth-order valence-electron chi connectivity index (χ4n) is 1.74. The van der Waals surface area contributed by atoms with Crippen LogP contribution in [0.5, 0.6) is 0 Å². The van der Waals surface area contributed by atoms with Crippen molar-refractivity contribution >= 4 is 34.9 Å². The Morgan fingerprint density at radius 2 is 2.22 bits per heavy atom. The van der Waals surface area contributed by atoms with Crippen LogP contribution in [0.25, 0.3) is 5.76 Å². The fourth-order valence-corrected chi connectivity index (χ4v) is 2.80. The standard InChI is InChI=1S/C15H10ClN3O3S/c16-10-3-1-2-4-13(10)23-14-5-9(7-22-14)11(20)6-12(21)15-17-8-18-19-15/h1-8,21H,(H,17,18,19). The minimum atomic E-state index is -0.415. The zero-order valence-electron chi connectivity index (χ0n) is 11.6. The molecule has 23 heavy (non-hydrogen) atoms. The first kappa shape index (κ1) is 15.4. The lowest BCUT2D eigenvalue weighted by Gasteiger charge is -1.99. The molecule has 3 rings (SSSR count). The molecule has 3 aromatic rings. The maximum atomic E-state index is 12.1. The second kappa shape index (κ2) is 6.72. The third-order valence-electron chi connectivity index (χ3n) is 2.82. The molecule has 2 aromatic heterocycles. The number of furan rings is 1. The van der Waals surface area contributed by atoms with Gasteiger partial charge in [-0.25, -0.2) is 4.98 Å². The average molecular weight is 348 g/mol. The Morgan fingerprint density at radius 3 is 2.96 bits per heavy atom. The number of aliphatic hydroxyl groups excluding tert-OH is 1. The maximum absolute atomic E-state index is 12.1. The van der Waals surface area contributed by atoms with Crippen molar-refractivity contribution in [3.8, 4) is 0 Å². The molecular weight excluding hydrogens is 338 g/mol. The Morgan fingerprint density at radius 1 is 1.39 bits per heavy atom. The van der Waals surface area contributed by atoms with E-state index in [1.54, 1.807) is 12.1 Å². The van der Waals surface area contributed by atoms with Gasteiger partial charge in [0.2, 0.25) is 5.82 Å². The smallest absolute Gasteiger partial charge is 0.215 e. The molecule has 0 atom stereocenters. The Labute approximate surface area is 140 Å². The molecule has 2 N–H and O–H groups in total. The first-order valence-corrected chi connectivity index (χ1v) is 7.65. The molecule has 8 heteroatoms. The molecule has 0 aliphatic heterocycles. The van der Waals surface area contributed by atoms with Gasteiger partial charge in [-0.05, 0) is 12.1 Å². The number of benzene rings is 1. The van der Waals surface area contributed by atoms with E-state index in [4.69, 9.17) is 16.0 Å². The van der Waals surface area contributed by atoms with E-state index >= 15 is 0 Å². The number of halogens is 1. The van der Waals surface area contributed by atoms with E-state index in [2.05, 4.69) is 15.2 Å². The summed E-state index contributed by atoms with van der Waals surface area (Å²) in [6.07, 6.45) is 3.67. The van der Waals surface area contributed by atoms with Crippen molar-refractivity contribution in [2.45, 2.75) is 9.99 Å². The molecule has 0 bridgehead atoms. The van der Waals surface area contributed by atoms with Crippen LogP contribution in [0, 0.1) is 0 Å². The van der Waals surface area contributed by atoms with Gasteiger partial charge in [-0.3, -0.25) is 9.89 Å². The largest absolute Gasteiger partial charge is 0.504 e. The Bertz CT molecular complexity index is 858. The zero-order chi connectivity index (χ0) is 16.2. The number of nitrogens with zero attached hydrogens (tertiary/aromatic N) is 2. The van der Waals surface area contributed by atoms with Gasteiger partial charge in [0.15, 0.2) is 16.6 Å². The number of nitrogens with one attached hydrogen (secondary N) is 1. The van der Waals surface area contributed by atoms with Gasteiger partial charge in [0.1, 0.15) is 12.6 Å². The number of aromatic nitrogens is 3. The van der Waals surface area contributed by atoms with Crippen molar-refractivity contribution < 1.29 is 14.3 Å². The molecule has 0 unspecified atom stereocenters. The monoisotopic (exact) mass is 347 g/mol. The molecule has 1 aromatic carbocycles. The lowest BCUT2D eigenvalue weighted by atomic mass is 10.2. The lowest BCUT2D eigenvalue weighted by molar-refractivity contribution is 0.104. The number of hydrogen-bond donors (Lipinski definition) is 2. The highest BCUT2D eigenvalue weighted by atomic mass is 35.5. The van der Waals surface area contributed by atoms with Crippen LogP contribution in [0.3, 0.4) is 0 Å². The number of aliphatic hydroxyl groups is 1. The molecule has 6 nitrogen and oxygen atoms in total. The number of H-pyrrole nitrogens is 1. The van der Waals surface area contributed by atoms with Crippen molar-refractivity contribution in [3.63, 3.8) is 0 Å². The maximum Gasteiger partial charge on any atom is 0.215 e. The summed E-state index contributed by atoms with van der Waals surface area (Å²) in [7, 11) is 0. The highest BCUT2D eigenvalue weighted by Gasteiger charge is 2.13. The van der Waals surface area contributed by atoms with Crippen LogP contribution >= 0.6 is 23.4 Å². The second-order valence-corrected chi connectivity index (χ2v) is 5.86. The minimum absolute atomic E-state index is 0.0486. The van der Waals surface area contributed by atoms with Crippen molar-refractivity contribution in [2.75, 3.05) is 0 Å². The van der Waals surface area contributed by atoms with Gasteiger partial charge >= 0.3 is 0 Å². The van der Waals surface area contributed by atoms with E-state index in [1.807, 2.05) is 18.2 Å². The van der Waals surface area contributed by atoms with Gasteiger partial charge in [0, 0.05) is 17.0 Å². The first-order chi connectivity index (χ1) is 11.1. The highest BCUT2D eigenvalue weighted by molar-refractivity contribution is 7.99. The predicted molar refractivity (Wildman–Crippen MR) is 85.6 cm³/mol. The van der Waals surface area contributed by atoms with Crippen molar-refractivity contribution in [1.82, 2.24) is 15.2 Å². The number of carbonyl (C=O) groups excluding carboxylic acids is 1. The van der Waals surface area contributed by atoms with Crippen LogP contribution in [-0.2, 0) is 0 Å². The highest BCUT2D eigenvalue weighted by Crippen LogP contribution is 2.34. The minimum Gasteiger partial charge on any atom is -0.504 e. The van der Waals surface area contributed by atoms with E-state index in [-0.39, 0.29) is 11.6 Å². The summed E-state index contributed by atoms with van der Waals surface area (Å²) in [5.41, 5.74) is 0.307. The van der Waals surface area contributed by atoms with Crippen LogP contribution in [0.1, 0.15) is 16.2 Å². The summed E-state index contributed by atoms with van der Waals surface area (Å²) in [5, 5.41) is 17.0. The quantitative estimate of drug-likeness (QED) is 0.412. The van der Waals surface area contributed by atoms with E-state index < -0.39 is 5.78 Å². The summed E-state index contributed by atoms with van der Waals surface area (Å²) in [6.45, 7) is 0. The Hall–Kier alpha value is -2.51. The molecule has 0 radical (unpaired) electrons. The van der Waals surface area contributed by atoms with Crippen molar-refractivity contribution in [2.24, 2.45) is 0 Å². The van der Waals surface area contributed by atoms with E-state index in [0.29, 0.717) is 15.7 Å². The number of ketones is 1. The van der Waals surface area contributed by atoms with Gasteiger partial charge < -0.3 is 9.52 Å². The summed E-state index contributed by atoms with van der Waals surface area (Å²) >= 11 is 7.39. The van der Waals surface area contributed by atoms with E-state index in [9.17, 15) is 9.90 Å². The Kier molecular flexibility index (Phi) is 4.50. The third kappa shape index (κ3) is 3.64. The Balaban J connectivity index is 1.75. The van der Waals surface area contributed by atoms with Crippen molar-refractivity contribution in [3.05, 3.63) is 65.4 Å². The summed E-state index contributed by atoms with van der Waals surface area (Å²) in [4.78, 5) is 16.7. The number of aromatic amines is 1. The van der Waals surface area contributed by atoms with E-state index in [1.165, 1.54) is 24.4 Å². The van der Waals surface area contributed by atoms with Crippen LogP contribution in [-0.4, -0.2) is 26.1 Å². The van der Waals surface area contributed by atoms with E-state index in [0.717, 1.165) is 11.0 Å². The molecule has 0 amide bonds. The molecular formula is C15H10ClN3O3S. The van der Waals surface area contributed by atoms with Crippen LogP contribution in [0.2, 0.25) is 5.02 Å². The average Bonchev–Trinajstić information content (AvgIpc) is 3.21. The van der Waals surface area contributed by atoms with Gasteiger partial charge in [-0.15, -0.1) is 0 Å². The topological polar surface area (TPSA) is 92.0 Å². The van der Waals surface area contributed by atoms with Gasteiger partial charge in [0.25, 0.3) is 0 Å². The van der Waals surface area contributed by atoms with Crippen LogP contribution in [0.4, 0.5) is 0 Å². The molecule has 0 spiro atoms. The summed E-state index contributed by atoms with van der Waals surface area (Å²) in [6, 6.07) is 8.90. The molecule has 0 saturated heterocycles. The van der Waals surface area contributed by atoms with Gasteiger partial charge in [0.05, 0.1) is 10.6 Å². The zero-order valence-corrected chi connectivity index (χ0v) is 13.1. The number of hydrogen-bond acceptors (Lipinski definition) is 6. The van der Waals surface area contributed by atoms with Crippen LogP contribution < -0.4 is 0 Å². The van der Waals surface area contributed by atoms with Crippen LogP contribution in [0.15, 0.2) is 63.4 Å². The van der Waals surface area contributed by atoms with Gasteiger partial charge in [-0.2, -0.15) is 5.10 Å². The normalized spacial score (nSPS) is 11.6. The molecule has 0 saturated carbocycles. The molecule has 116 valence electrons. The SMILES string of the molecule is O=C(C=C(O)c1nc[nH]n1)c1coc(Sc2ccccc2Cl)c1. The summed E-state index contributed by atoms with van der Waals surface area (Å²) < 4.78 is 5.35. The lowest BCUT2D eigenvalue weighted by Crippen LogP contribution is -1.95. The number of allylic oxidation sites excluding steroid dienone is 1. The number of carbonyl (C=O) groups is 1. The predicted octanol–water partition coefficient (Wildman–Crippen LogP) is 3.98. The summed E-state index contributed by atoms with van der Waals surface area (Å²) in [5.74, 6) is -0.688. The fraction of sp³-hybridized carbons (Fsp3) is 0.